The van der Waals surface area contributed by atoms with Crippen molar-refractivity contribution in [3.63, 3.8) is 0 Å². The van der Waals surface area contributed by atoms with Gasteiger partial charge in [0.15, 0.2) is 0 Å². The number of aromatic nitrogens is 1. The lowest BCUT2D eigenvalue weighted by Crippen LogP contribution is -2.43. The fourth-order valence-corrected chi connectivity index (χ4v) is 4.84. The molecule has 0 radical (unpaired) electrons. The van der Waals surface area contributed by atoms with Crippen molar-refractivity contribution in [1.82, 2.24) is 13.8 Å². The zero-order valence-corrected chi connectivity index (χ0v) is 18.6. The molecule has 0 aliphatic heterocycles. The monoisotopic (exact) mass is 419 g/mol. The molecule has 1 aromatic carbocycles. The Balaban J connectivity index is 2.20. The maximum Gasteiger partial charge on any atom is 0.238 e. The molecule has 2 aromatic rings. The van der Waals surface area contributed by atoms with Gasteiger partial charge in [-0.2, -0.15) is 4.31 Å². The molecule has 2 rings (SSSR count). The topological polar surface area (TPSA) is 62.6 Å². The van der Waals surface area contributed by atoms with Crippen LogP contribution in [-0.2, 0) is 35.0 Å². The first-order valence-corrected chi connectivity index (χ1v) is 11.9. The zero-order chi connectivity index (χ0) is 21.3. The van der Waals surface area contributed by atoms with Crippen LogP contribution in [0.15, 0.2) is 48.7 Å². The molecule has 0 fully saturated rings. The molecule has 0 aliphatic rings. The first kappa shape index (κ1) is 23.2. The van der Waals surface area contributed by atoms with Crippen LogP contribution in [0.25, 0.3) is 0 Å². The van der Waals surface area contributed by atoms with Crippen LogP contribution < -0.4 is 0 Å². The highest BCUT2D eigenvalue weighted by molar-refractivity contribution is 7.89. The quantitative estimate of drug-likeness (QED) is 0.530. The van der Waals surface area contributed by atoms with Crippen molar-refractivity contribution in [3.05, 3.63) is 59.9 Å². The number of sulfonamides is 1. The predicted octanol–water partition coefficient (Wildman–Crippen LogP) is 3.40. The summed E-state index contributed by atoms with van der Waals surface area (Å²) in [5.41, 5.74) is 2.02. The van der Waals surface area contributed by atoms with E-state index >= 15 is 0 Å². The third-order valence-electron chi connectivity index (χ3n) is 4.91. The molecule has 0 aliphatic carbocycles. The SMILES string of the molecule is CCCCS(=O)(=O)N(CCC)CC(=O)N(Cc1ccccc1)Cc1cccn1C. The van der Waals surface area contributed by atoms with Gasteiger partial charge >= 0.3 is 0 Å². The van der Waals surface area contributed by atoms with Crippen LogP contribution in [0.1, 0.15) is 44.4 Å². The van der Waals surface area contributed by atoms with Gasteiger partial charge in [-0.25, -0.2) is 8.42 Å². The third-order valence-corrected chi connectivity index (χ3v) is 6.81. The molecule has 0 bridgehead atoms. The van der Waals surface area contributed by atoms with Crippen molar-refractivity contribution in [2.75, 3.05) is 18.8 Å². The van der Waals surface area contributed by atoms with Crippen LogP contribution in [0.4, 0.5) is 0 Å². The van der Waals surface area contributed by atoms with Crippen LogP contribution in [0.3, 0.4) is 0 Å². The van der Waals surface area contributed by atoms with Gasteiger partial charge in [-0.05, 0) is 30.5 Å². The minimum atomic E-state index is -3.44. The van der Waals surface area contributed by atoms with E-state index in [1.807, 2.05) is 74.1 Å². The number of carbonyl (C=O) groups excluding carboxylic acids is 1. The second kappa shape index (κ2) is 11.2. The van der Waals surface area contributed by atoms with Crippen molar-refractivity contribution >= 4 is 15.9 Å². The largest absolute Gasteiger partial charge is 0.353 e. The number of nitrogens with zero attached hydrogens (tertiary/aromatic N) is 3. The number of hydrogen-bond donors (Lipinski definition) is 0. The van der Waals surface area contributed by atoms with E-state index in [0.717, 1.165) is 17.7 Å². The molecule has 0 unspecified atom stereocenters. The Morgan fingerprint density at radius 3 is 2.31 bits per heavy atom. The molecule has 0 spiro atoms. The molecular formula is C22H33N3O3S. The summed E-state index contributed by atoms with van der Waals surface area (Å²) in [7, 11) is -1.49. The van der Waals surface area contributed by atoms with Gasteiger partial charge in [0, 0.05) is 32.0 Å². The van der Waals surface area contributed by atoms with E-state index < -0.39 is 10.0 Å². The van der Waals surface area contributed by atoms with Gasteiger partial charge < -0.3 is 9.47 Å². The molecule has 0 saturated heterocycles. The number of benzene rings is 1. The molecule has 0 saturated carbocycles. The zero-order valence-electron chi connectivity index (χ0n) is 17.8. The summed E-state index contributed by atoms with van der Waals surface area (Å²) in [4.78, 5) is 14.9. The summed E-state index contributed by atoms with van der Waals surface area (Å²) in [6.07, 6.45) is 4.03. The predicted molar refractivity (Wildman–Crippen MR) is 117 cm³/mol. The minimum absolute atomic E-state index is 0.0906. The smallest absolute Gasteiger partial charge is 0.238 e. The Kier molecular flexibility index (Phi) is 8.92. The number of amides is 1. The molecule has 1 heterocycles. The molecule has 6 nitrogen and oxygen atoms in total. The summed E-state index contributed by atoms with van der Waals surface area (Å²) < 4.78 is 28.8. The lowest BCUT2D eigenvalue weighted by molar-refractivity contribution is -0.132. The van der Waals surface area contributed by atoms with Crippen molar-refractivity contribution in [2.45, 2.75) is 46.2 Å². The van der Waals surface area contributed by atoms with Crippen LogP contribution >= 0.6 is 0 Å². The molecule has 1 aromatic heterocycles. The molecule has 0 N–H and O–H groups in total. The van der Waals surface area contributed by atoms with E-state index in [-0.39, 0.29) is 18.2 Å². The van der Waals surface area contributed by atoms with E-state index in [1.54, 1.807) is 4.90 Å². The Hall–Kier alpha value is -2.12. The van der Waals surface area contributed by atoms with E-state index in [2.05, 4.69) is 0 Å². The van der Waals surface area contributed by atoms with E-state index in [9.17, 15) is 13.2 Å². The molecule has 0 atom stereocenters. The highest BCUT2D eigenvalue weighted by Gasteiger charge is 2.26. The Morgan fingerprint density at radius 1 is 1.00 bits per heavy atom. The number of carbonyl (C=O) groups is 1. The Bertz CT molecular complexity index is 862. The lowest BCUT2D eigenvalue weighted by Gasteiger charge is -2.27. The van der Waals surface area contributed by atoms with Gasteiger partial charge in [0.05, 0.1) is 18.8 Å². The lowest BCUT2D eigenvalue weighted by atomic mass is 10.2. The normalized spacial score (nSPS) is 11.7. The Morgan fingerprint density at radius 2 is 1.72 bits per heavy atom. The van der Waals surface area contributed by atoms with Gasteiger partial charge in [0.1, 0.15) is 0 Å². The summed E-state index contributed by atoms with van der Waals surface area (Å²) in [6.45, 7) is 5.02. The average Bonchev–Trinajstić information content (AvgIpc) is 3.11. The van der Waals surface area contributed by atoms with Crippen LogP contribution in [0.2, 0.25) is 0 Å². The third kappa shape index (κ3) is 7.01. The first-order chi connectivity index (χ1) is 13.9. The summed E-state index contributed by atoms with van der Waals surface area (Å²) >= 11 is 0. The van der Waals surface area contributed by atoms with Gasteiger partial charge in [-0.15, -0.1) is 0 Å². The fourth-order valence-electron chi connectivity index (χ4n) is 3.16. The molecule has 160 valence electrons. The average molecular weight is 420 g/mol. The van der Waals surface area contributed by atoms with E-state index in [1.165, 1.54) is 4.31 Å². The first-order valence-electron chi connectivity index (χ1n) is 10.3. The number of hydrogen-bond acceptors (Lipinski definition) is 3. The second-order valence-corrected chi connectivity index (χ2v) is 9.44. The van der Waals surface area contributed by atoms with Gasteiger partial charge in [-0.3, -0.25) is 4.79 Å². The molecular weight excluding hydrogens is 386 g/mol. The van der Waals surface area contributed by atoms with E-state index in [4.69, 9.17) is 0 Å². The summed E-state index contributed by atoms with van der Waals surface area (Å²) in [6, 6.07) is 13.7. The second-order valence-electron chi connectivity index (χ2n) is 7.35. The summed E-state index contributed by atoms with van der Waals surface area (Å²) in [5.74, 6) is -0.0867. The summed E-state index contributed by atoms with van der Waals surface area (Å²) in [5, 5.41) is 0. The number of aryl methyl sites for hydroxylation is 1. The highest BCUT2D eigenvalue weighted by Crippen LogP contribution is 2.13. The molecule has 7 heteroatoms. The fraction of sp³-hybridized carbons (Fsp3) is 0.500. The minimum Gasteiger partial charge on any atom is -0.353 e. The number of unbranched alkanes of at least 4 members (excludes halogenated alkanes) is 1. The van der Waals surface area contributed by atoms with Gasteiger partial charge in [-0.1, -0.05) is 50.6 Å². The molecule has 29 heavy (non-hydrogen) atoms. The maximum atomic E-state index is 13.2. The van der Waals surface area contributed by atoms with Gasteiger partial charge in [0.2, 0.25) is 15.9 Å². The standard InChI is InChI=1S/C22H33N3O3S/c1-4-6-16-29(27,28)25(14-5-2)19-22(26)24(17-20-11-8-7-9-12-20)18-21-13-10-15-23(21)3/h7-13,15H,4-6,14,16-19H2,1-3H3. The van der Waals surface area contributed by atoms with Crippen molar-refractivity contribution in [3.8, 4) is 0 Å². The molecule has 1 amide bonds. The van der Waals surface area contributed by atoms with E-state index in [0.29, 0.717) is 32.5 Å². The van der Waals surface area contributed by atoms with Crippen LogP contribution in [0.5, 0.6) is 0 Å². The van der Waals surface area contributed by atoms with Gasteiger partial charge in [0.25, 0.3) is 0 Å². The van der Waals surface area contributed by atoms with Crippen molar-refractivity contribution in [1.29, 1.82) is 0 Å². The highest BCUT2D eigenvalue weighted by atomic mass is 32.2. The Labute approximate surface area is 175 Å². The maximum absolute atomic E-state index is 13.2. The van der Waals surface area contributed by atoms with Crippen LogP contribution in [-0.4, -0.2) is 46.9 Å². The van der Waals surface area contributed by atoms with Crippen molar-refractivity contribution in [2.24, 2.45) is 7.05 Å². The number of rotatable bonds is 12. The van der Waals surface area contributed by atoms with Crippen molar-refractivity contribution < 1.29 is 13.2 Å². The van der Waals surface area contributed by atoms with Crippen LogP contribution in [0, 0.1) is 0 Å².